The zero-order chi connectivity index (χ0) is 15.1. The minimum absolute atomic E-state index is 0.510. The third-order valence-electron chi connectivity index (χ3n) is 3.17. The van der Waals surface area contributed by atoms with Crippen molar-refractivity contribution < 1.29 is 0 Å². The Bertz CT molecular complexity index is 585. The van der Waals surface area contributed by atoms with Crippen LogP contribution in [-0.4, -0.2) is 16.4 Å². The molecule has 4 heteroatoms. The molecule has 1 aromatic heterocycles. The first kappa shape index (κ1) is 16.0. The number of halogens is 2. The fraction of sp³-hybridized carbons (Fsp3) is 0.235. The van der Waals surface area contributed by atoms with Crippen LogP contribution in [0.5, 0.6) is 0 Å². The van der Waals surface area contributed by atoms with Gasteiger partial charge in [0.15, 0.2) is 0 Å². The van der Waals surface area contributed by atoms with E-state index < -0.39 is 0 Å². The van der Waals surface area contributed by atoms with Crippen LogP contribution in [-0.2, 0) is 13.1 Å². The molecular formula is C17H18Cl2N2. The van der Waals surface area contributed by atoms with Gasteiger partial charge in [0.05, 0.1) is 5.02 Å². The Hall–Kier alpha value is -1.35. The maximum absolute atomic E-state index is 6.16. The van der Waals surface area contributed by atoms with Crippen molar-refractivity contribution in [3.05, 3.63) is 76.6 Å². The molecule has 1 aromatic carbocycles. The summed E-state index contributed by atoms with van der Waals surface area (Å²) in [4.78, 5) is 6.42. The lowest BCUT2D eigenvalue weighted by molar-refractivity contribution is 0.261. The molecule has 1 heterocycles. The first-order valence-electron chi connectivity index (χ1n) is 6.86. The summed E-state index contributed by atoms with van der Waals surface area (Å²) in [5, 5.41) is 1.12. The molecule has 0 bridgehead atoms. The van der Waals surface area contributed by atoms with Crippen molar-refractivity contribution in [1.29, 1.82) is 0 Å². The van der Waals surface area contributed by atoms with E-state index in [0.717, 1.165) is 31.6 Å². The maximum atomic E-state index is 6.16. The van der Waals surface area contributed by atoms with Crippen LogP contribution in [0.4, 0.5) is 0 Å². The van der Waals surface area contributed by atoms with Gasteiger partial charge in [-0.25, -0.2) is 4.98 Å². The van der Waals surface area contributed by atoms with E-state index in [2.05, 4.69) is 40.7 Å². The predicted molar refractivity (Wildman–Crippen MR) is 89.6 cm³/mol. The Kier molecular flexibility index (Phi) is 6.24. The number of benzene rings is 1. The van der Waals surface area contributed by atoms with E-state index >= 15 is 0 Å². The van der Waals surface area contributed by atoms with E-state index in [0.29, 0.717) is 10.2 Å². The number of rotatable bonds is 7. The van der Waals surface area contributed by atoms with Crippen LogP contribution in [0.1, 0.15) is 17.5 Å². The monoisotopic (exact) mass is 320 g/mol. The minimum Gasteiger partial charge on any atom is -0.294 e. The number of hydrogen-bond acceptors (Lipinski definition) is 2. The normalized spacial score (nSPS) is 10.8. The molecule has 0 radical (unpaired) electrons. The molecule has 0 spiro atoms. The van der Waals surface area contributed by atoms with Gasteiger partial charge in [0.2, 0.25) is 0 Å². The van der Waals surface area contributed by atoms with Gasteiger partial charge in [-0.15, -0.1) is 6.58 Å². The molecule has 0 unspecified atom stereocenters. The molecule has 21 heavy (non-hydrogen) atoms. The average molecular weight is 321 g/mol. The third-order valence-corrected chi connectivity index (χ3v) is 3.72. The van der Waals surface area contributed by atoms with Gasteiger partial charge in [-0.3, -0.25) is 4.90 Å². The lowest BCUT2D eigenvalue weighted by atomic mass is 10.2. The summed E-state index contributed by atoms with van der Waals surface area (Å²) >= 11 is 12.2. The number of nitrogens with zero attached hydrogens (tertiary/aromatic N) is 2. The van der Waals surface area contributed by atoms with Gasteiger partial charge in [0, 0.05) is 31.4 Å². The van der Waals surface area contributed by atoms with E-state index in [4.69, 9.17) is 23.2 Å². The maximum Gasteiger partial charge on any atom is 0.133 e. The minimum atomic E-state index is 0.510. The molecule has 0 N–H and O–H groups in total. The van der Waals surface area contributed by atoms with Crippen molar-refractivity contribution in [1.82, 2.24) is 9.88 Å². The highest BCUT2D eigenvalue weighted by Crippen LogP contribution is 2.20. The highest BCUT2D eigenvalue weighted by Gasteiger charge is 2.10. The van der Waals surface area contributed by atoms with E-state index in [1.807, 2.05) is 18.2 Å². The van der Waals surface area contributed by atoms with Gasteiger partial charge in [-0.2, -0.15) is 0 Å². The van der Waals surface area contributed by atoms with Gasteiger partial charge >= 0.3 is 0 Å². The summed E-state index contributed by atoms with van der Waals surface area (Å²) < 4.78 is 0. The van der Waals surface area contributed by atoms with Crippen LogP contribution in [0.15, 0.2) is 55.3 Å². The fourth-order valence-electron chi connectivity index (χ4n) is 2.15. The quantitative estimate of drug-likeness (QED) is 0.529. The molecule has 2 nitrogen and oxygen atoms in total. The second kappa shape index (κ2) is 8.18. The molecule has 0 saturated carbocycles. The van der Waals surface area contributed by atoms with Gasteiger partial charge in [0.1, 0.15) is 5.15 Å². The zero-order valence-electron chi connectivity index (χ0n) is 11.8. The highest BCUT2D eigenvalue weighted by molar-refractivity contribution is 6.32. The van der Waals surface area contributed by atoms with E-state index in [1.165, 1.54) is 5.56 Å². The van der Waals surface area contributed by atoms with Gasteiger partial charge in [-0.1, -0.05) is 59.6 Å². The Morgan fingerprint density at radius 1 is 1.14 bits per heavy atom. The smallest absolute Gasteiger partial charge is 0.133 e. The Balaban J connectivity index is 2.12. The third kappa shape index (κ3) is 5.16. The van der Waals surface area contributed by atoms with Gasteiger partial charge in [-0.05, 0) is 18.1 Å². The summed E-state index contributed by atoms with van der Waals surface area (Å²) in [7, 11) is 0. The topological polar surface area (TPSA) is 16.1 Å². The second-order valence-corrected chi connectivity index (χ2v) is 5.67. The zero-order valence-corrected chi connectivity index (χ0v) is 13.3. The molecule has 2 aromatic rings. The summed E-state index contributed by atoms with van der Waals surface area (Å²) in [5.74, 6) is 0. The van der Waals surface area contributed by atoms with Crippen molar-refractivity contribution in [2.24, 2.45) is 0 Å². The molecule has 0 aliphatic carbocycles. The Labute approximate surface area is 136 Å². The van der Waals surface area contributed by atoms with E-state index in [9.17, 15) is 0 Å². The number of pyridine rings is 1. The predicted octanol–water partition coefficient (Wildman–Crippen LogP) is 4.97. The van der Waals surface area contributed by atoms with Crippen molar-refractivity contribution in [2.45, 2.75) is 19.5 Å². The first-order chi connectivity index (χ1) is 10.2. The van der Waals surface area contributed by atoms with Gasteiger partial charge < -0.3 is 0 Å². The van der Waals surface area contributed by atoms with Crippen molar-refractivity contribution in [3.8, 4) is 0 Å². The highest BCUT2D eigenvalue weighted by atomic mass is 35.5. The van der Waals surface area contributed by atoms with Crippen molar-refractivity contribution >= 4 is 23.2 Å². The molecular weight excluding hydrogens is 303 g/mol. The van der Waals surface area contributed by atoms with Crippen LogP contribution in [0.25, 0.3) is 0 Å². The average Bonchev–Trinajstić information content (AvgIpc) is 2.49. The van der Waals surface area contributed by atoms with Crippen LogP contribution in [0.2, 0.25) is 10.2 Å². The molecule has 0 fully saturated rings. The standard InChI is InChI=1S/C17H18Cl2N2/c1-2-3-9-21(12-14-7-5-4-6-8-14)13-15-10-16(18)11-20-17(15)19/h2,4-8,10-11H,1,3,9,12-13H2. The van der Waals surface area contributed by atoms with Gasteiger partial charge in [0.25, 0.3) is 0 Å². The summed E-state index contributed by atoms with van der Waals surface area (Å²) in [6.45, 7) is 6.29. The Morgan fingerprint density at radius 3 is 2.62 bits per heavy atom. The summed E-state index contributed by atoms with van der Waals surface area (Å²) in [6.07, 6.45) is 4.42. The fourth-order valence-corrected chi connectivity index (χ4v) is 2.49. The molecule has 2 rings (SSSR count). The second-order valence-electron chi connectivity index (χ2n) is 4.88. The molecule has 0 atom stereocenters. The van der Waals surface area contributed by atoms with Crippen LogP contribution in [0, 0.1) is 0 Å². The Morgan fingerprint density at radius 2 is 1.90 bits per heavy atom. The molecule has 0 aliphatic rings. The SMILES string of the molecule is C=CCCN(Cc1ccccc1)Cc1cc(Cl)cnc1Cl. The van der Waals surface area contributed by atoms with Crippen LogP contribution >= 0.6 is 23.2 Å². The largest absolute Gasteiger partial charge is 0.294 e. The van der Waals surface area contributed by atoms with Crippen molar-refractivity contribution in [3.63, 3.8) is 0 Å². The van der Waals surface area contributed by atoms with Crippen molar-refractivity contribution in [2.75, 3.05) is 6.54 Å². The molecule has 0 saturated heterocycles. The van der Waals surface area contributed by atoms with E-state index in [1.54, 1.807) is 6.20 Å². The summed E-state index contributed by atoms with van der Waals surface area (Å²) in [5.41, 5.74) is 2.22. The number of aromatic nitrogens is 1. The lowest BCUT2D eigenvalue weighted by Crippen LogP contribution is -2.24. The van der Waals surface area contributed by atoms with Crippen LogP contribution < -0.4 is 0 Å². The van der Waals surface area contributed by atoms with Crippen LogP contribution in [0.3, 0.4) is 0 Å². The molecule has 110 valence electrons. The van der Waals surface area contributed by atoms with E-state index in [-0.39, 0.29) is 0 Å². The number of hydrogen-bond donors (Lipinski definition) is 0. The molecule has 0 aliphatic heterocycles. The lowest BCUT2D eigenvalue weighted by Gasteiger charge is -2.22. The molecule has 0 amide bonds. The first-order valence-corrected chi connectivity index (χ1v) is 7.61. The summed E-state index contributed by atoms with van der Waals surface area (Å²) in [6, 6.07) is 12.2.